The van der Waals surface area contributed by atoms with Crippen molar-refractivity contribution in [1.29, 1.82) is 0 Å². The second-order valence-electron chi connectivity index (χ2n) is 19.8. The number of rotatable bonds is 20. The minimum absolute atomic E-state index is 0.0528. The summed E-state index contributed by atoms with van der Waals surface area (Å²) in [7, 11) is -50.0. The maximum absolute atomic E-state index is 13.2. The number of nitro groups is 1. The molecule has 0 spiro atoms. The van der Waals surface area contributed by atoms with Crippen molar-refractivity contribution < 1.29 is 137 Å². The molecule has 53 heteroatoms. The van der Waals surface area contributed by atoms with Crippen molar-refractivity contribution in [2.45, 2.75) is 44.1 Å². The lowest BCUT2D eigenvalue weighted by Crippen LogP contribution is -2.04. The van der Waals surface area contributed by atoms with Crippen LogP contribution in [0.25, 0.3) is 32.3 Å². The number of phenolic OH excluding ortho intramolecular Hbond substituents is 3. The van der Waals surface area contributed by atoms with E-state index >= 15 is 0 Å². The molecular formula is C48H32N12O32S9. The van der Waals surface area contributed by atoms with Crippen molar-refractivity contribution in [3.05, 3.63) is 119 Å². The number of hydrogen-bond donors (Lipinski definition) is 13. The molecule has 0 aliphatic carbocycles. The fraction of sp³-hybridized carbons (Fsp3) is 0. The fourth-order valence-electron chi connectivity index (χ4n) is 9.12. The van der Waals surface area contributed by atoms with Crippen LogP contribution in [0.3, 0.4) is 0 Å². The molecule has 101 heavy (non-hydrogen) atoms. The minimum atomic E-state index is -5.93. The summed E-state index contributed by atoms with van der Waals surface area (Å²) in [6.07, 6.45) is 0. The Morgan fingerprint density at radius 1 is 0.307 bits per heavy atom. The lowest BCUT2D eigenvalue weighted by atomic mass is 10.0. The molecule has 530 valence electrons. The standard InChI is InChI=1S/C48H32N12O32S9/c49-40-32(18-34(95(72,73)74)27-17-38(99(84,85)86)43(46(63)39(27)40)59-52-28-10-6-22(94(69,70)71)14-33(28)60(64)65)56-54-30-11-7-23-25(47(30)100(87,88)89)15-37(98(81,82)83)42(45(23)62)58-55-31-12-8-24-26(48(31)101(90,91)92)16-36(97(78,79)80)41(44(24)61)57-53-29-9-3-20(13-35(29)96(75,76)77)51-50-19-1-4-21(5-2-19)93(66,67)68/h1-18,61-63H,49H2,(H,66,67,68)(H,69,70,71)(H,72,73,74)(H,75,76,77)(H,78,79,80)(H,81,82,83)(H,84,85,86)(H,87,88,89)(H,90,91,92)/b51-50-,56-54?,57-53-,58-55-,59-52-. The van der Waals surface area contributed by atoms with E-state index in [-0.39, 0.29) is 41.7 Å². The average Bonchev–Trinajstić information content (AvgIpc) is 0.747. The van der Waals surface area contributed by atoms with E-state index in [4.69, 9.17) is 5.73 Å². The number of phenols is 3. The SMILES string of the molecule is Nc1c(N=Nc2ccc3c(O)c(/N=N\c4ccc5c(O)c(/N=N\c6ccc(/N=N\c7ccc(S(=O)(=O)O)cc7)cc6S(=O)(=O)O)c(S(=O)(=O)O)cc5c4S(=O)(=O)O)c(S(=O)(=O)O)cc3c2S(=O)(=O)O)cc(S(=O)(=O)O)c2cc(S(=O)(=O)O)c(/N=N\c3ccc(S(=O)(=O)O)cc3[N+](=O)[O-])c(O)c12. The maximum atomic E-state index is 13.2. The van der Waals surface area contributed by atoms with Crippen LogP contribution in [0.1, 0.15) is 0 Å². The number of anilines is 1. The first-order valence-electron chi connectivity index (χ1n) is 25.4. The van der Waals surface area contributed by atoms with Gasteiger partial charge in [0.15, 0.2) is 22.9 Å². The van der Waals surface area contributed by atoms with Crippen molar-refractivity contribution >= 4 is 192 Å². The predicted molar refractivity (Wildman–Crippen MR) is 336 cm³/mol. The van der Waals surface area contributed by atoms with Gasteiger partial charge in [0.2, 0.25) is 0 Å². The Morgan fingerprint density at radius 3 is 1.09 bits per heavy atom. The third-order valence-electron chi connectivity index (χ3n) is 13.4. The van der Waals surface area contributed by atoms with E-state index in [0.29, 0.717) is 42.5 Å². The van der Waals surface area contributed by atoms with Crippen molar-refractivity contribution in [2.75, 3.05) is 5.73 Å². The molecule has 0 amide bonds. The van der Waals surface area contributed by atoms with Crippen LogP contribution in [0, 0.1) is 10.1 Å². The number of nitrogens with zero attached hydrogens (tertiary/aromatic N) is 11. The van der Waals surface area contributed by atoms with Crippen LogP contribution in [-0.2, 0) is 91.1 Å². The van der Waals surface area contributed by atoms with Gasteiger partial charge in [0.1, 0.15) is 79.0 Å². The molecule has 0 heterocycles. The molecule has 0 atom stereocenters. The number of nitrogens with two attached hydrogens (primary N) is 1. The lowest BCUT2D eigenvalue weighted by molar-refractivity contribution is -0.384. The second-order valence-corrected chi connectivity index (χ2v) is 32.3. The lowest BCUT2D eigenvalue weighted by Gasteiger charge is -2.15. The molecular weight excluding hydrogens is 1550 g/mol. The van der Waals surface area contributed by atoms with Gasteiger partial charge in [0.05, 0.1) is 32.3 Å². The van der Waals surface area contributed by atoms with Gasteiger partial charge in [-0.25, -0.2) is 0 Å². The summed E-state index contributed by atoms with van der Waals surface area (Å²) in [4.78, 5) is -1.64. The number of azo groups is 5. The molecule has 0 aliphatic heterocycles. The van der Waals surface area contributed by atoms with E-state index in [0.717, 1.165) is 36.4 Å². The summed E-state index contributed by atoms with van der Waals surface area (Å²) < 4.78 is 318. The second kappa shape index (κ2) is 25.9. The maximum Gasteiger partial charge on any atom is 0.298 e. The summed E-state index contributed by atoms with van der Waals surface area (Å²) in [5, 5.41) is 75.6. The quantitative estimate of drug-likeness (QED) is 0.0111. The Hall–Kier alpha value is -10.5. The van der Waals surface area contributed by atoms with Gasteiger partial charge in [0.25, 0.3) is 96.8 Å². The molecule has 0 bridgehead atoms. The molecule has 0 saturated heterocycles. The smallest absolute Gasteiger partial charge is 0.298 e. The highest BCUT2D eigenvalue weighted by atomic mass is 32.3. The highest BCUT2D eigenvalue weighted by Crippen LogP contribution is 2.52. The van der Waals surface area contributed by atoms with Crippen molar-refractivity contribution in [3.8, 4) is 17.2 Å². The van der Waals surface area contributed by atoms with Gasteiger partial charge in [-0.3, -0.25) is 51.1 Å². The number of fused-ring (bicyclic) bond motifs is 3. The minimum Gasteiger partial charge on any atom is -0.505 e. The molecule has 9 aromatic carbocycles. The van der Waals surface area contributed by atoms with Gasteiger partial charge >= 0.3 is 0 Å². The normalized spacial score (nSPS) is 13.6. The molecule has 0 fully saturated rings. The number of nitrogen functional groups attached to an aromatic ring is 1. The van der Waals surface area contributed by atoms with Crippen LogP contribution in [0.4, 0.5) is 68.2 Å². The molecule has 0 aromatic heterocycles. The van der Waals surface area contributed by atoms with Crippen molar-refractivity contribution in [1.82, 2.24) is 0 Å². The summed E-state index contributed by atoms with van der Waals surface area (Å²) in [6.45, 7) is 0. The van der Waals surface area contributed by atoms with E-state index in [9.17, 15) is 142 Å². The first kappa shape index (κ1) is 74.8. The van der Waals surface area contributed by atoms with Crippen LogP contribution in [0.15, 0.2) is 204 Å². The summed E-state index contributed by atoms with van der Waals surface area (Å²) in [6, 6.07) is 11.0. The molecule has 0 aliphatic rings. The van der Waals surface area contributed by atoms with E-state index < -0.39 is 246 Å². The Labute approximate surface area is 562 Å². The summed E-state index contributed by atoms with van der Waals surface area (Å²) >= 11 is 0. The van der Waals surface area contributed by atoms with Crippen LogP contribution in [0.5, 0.6) is 17.2 Å². The zero-order valence-electron chi connectivity index (χ0n) is 48.1. The van der Waals surface area contributed by atoms with Gasteiger partial charge in [-0.05, 0) is 103 Å². The van der Waals surface area contributed by atoms with Crippen LogP contribution in [0.2, 0.25) is 0 Å². The highest BCUT2D eigenvalue weighted by molar-refractivity contribution is 7.88. The number of nitro benzene ring substituents is 1. The third kappa shape index (κ3) is 15.5. The molecule has 14 N–H and O–H groups in total. The highest BCUT2D eigenvalue weighted by Gasteiger charge is 2.34. The largest absolute Gasteiger partial charge is 0.505 e. The Balaban J connectivity index is 1.15. The summed E-state index contributed by atoms with van der Waals surface area (Å²) in [5.41, 5.74) is -5.93. The zero-order valence-corrected chi connectivity index (χ0v) is 55.4. The molecule has 9 aromatic rings. The van der Waals surface area contributed by atoms with Gasteiger partial charge in [-0.1, -0.05) is 0 Å². The predicted octanol–water partition coefficient (Wildman–Crippen LogP) is 9.05. The molecule has 0 radical (unpaired) electrons. The Morgan fingerprint density at radius 2 is 0.663 bits per heavy atom. The first-order valence-corrected chi connectivity index (χ1v) is 38.4. The fourth-order valence-corrected chi connectivity index (χ4v) is 15.0. The summed E-state index contributed by atoms with van der Waals surface area (Å²) in [5.74, 6) is -4.61. The molecule has 44 nitrogen and oxygen atoms in total. The van der Waals surface area contributed by atoms with Crippen LogP contribution < -0.4 is 5.73 Å². The number of benzene rings is 9. The van der Waals surface area contributed by atoms with Gasteiger partial charge in [-0.2, -0.15) is 86.0 Å². The zero-order chi connectivity index (χ0) is 75.2. The first-order chi connectivity index (χ1) is 46.3. The molecule has 9 rings (SSSR count). The number of aromatic hydroxyl groups is 3. The molecule has 0 saturated carbocycles. The van der Waals surface area contributed by atoms with Crippen molar-refractivity contribution in [3.63, 3.8) is 0 Å². The Bertz CT molecular complexity index is 6480. The Kier molecular flexibility index (Phi) is 19.2. The van der Waals surface area contributed by atoms with E-state index in [1.54, 1.807) is 0 Å². The van der Waals surface area contributed by atoms with E-state index in [2.05, 4.69) is 51.1 Å². The molecule has 0 unspecified atom stereocenters. The van der Waals surface area contributed by atoms with Gasteiger partial charge in [-0.15, -0.1) is 40.9 Å². The van der Waals surface area contributed by atoms with Crippen LogP contribution >= 0.6 is 0 Å². The van der Waals surface area contributed by atoms with Gasteiger partial charge in [0, 0.05) is 33.0 Å². The van der Waals surface area contributed by atoms with Crippen LogP contribution in [-0.4, -0.2) is 137 Å². The average molecular weight is 1580 g/mol. The monoisotopic (exact) mass is 1580 g/mol. The van der Waals surface area contributed by atoms with Gasteiger partial charge < -0.3 is 21.1 Å². The number of hydrogen-bond acceptors (Lipinski definition) is 34. The topological polar surface area (TPSA) is 743 Å². The van der Waals surface area contributed by atoms with E-state index in [1.165, 1.54) is 0 Å². The third-order valence-corrected chi connectivity index (χ3v) is 21.4. The van der Waals surface area contributed by atoms with Crippen molar-refractivity contribution in [2.24, 2.45) is 51.1 Å². The van der Waals surface area contributed by atoms with E-state index in [1.807, 2.05) is 0 Å².